The molecule has 196 valence electrons. The molecule has 1 aromatic carbocycles. The van der Waals surface area contributed by atoms with Gasteiger partial charge in [-0.25, -0.2) is 9.37 Å². The third-order valence-corrected chi connectivity index (χ3v) is 8.16. The van der Waals surface area contributed by atoms with Crippen molar-refractivity contribution in [3.8, 4) is 10.4 Å². The first-order valence-electron chi connectivity index (χ1n) is 12.6. The van der Waals surface area contributed by atoms with E-state index < -0.39 is 12.2 Å². The van der Waals surface area contributed by atoms with Crippen LogP contribution >= 0.6 is 22.9 Å². The van der Waals surface area contributed by atoms with Gasteiger partial charge >= 0.3 is 0 Å². The van der Waals surface area contributed by atoms with Crippen molar-refractivity contribution in [2.75, 3.05) is 26.2 Å². The zero-order chi connectivity index (χ0) is 25.8. The number of aliphatic hydroxyl groups excluding tert-OH is 2. The van der Waals surface area contributed by atoms with Crippen LogP contribution in [0.5, 0.6) is 0 Å². The molecule has 1 aliphatic carbocycles. The molecule has 37 heavy (non-hydrogen) atoms. The van der Waals surface area contributed by atoms with E-state index in [9.17, 15) is 14.6 Å². The smallest absolute Gasteiger partial charge is 0.224 e. The molecule has 1 fully saturated rings. The Morgan fingerprint density at radius 3 is 2.68 bits per heavy atom. The van der Waals surface area contributed by atoms with Crippen LogP contribution in [-0.2, 0) is 6.42 Å². The summed E-state index contributed by atoms with van der Waals surface area (Å²) in [7, 11) is 0. The van der Waals surface area contributed by atoms with Crippen molar-refractivity contribution >= 4 is 34.0 Å². The molecule has 1 saturated carbocycles. The van der Waals surface area contributed by atoms with Gasteiger partial charge in [0.1, 0.15) is 17.6 Å². The topological polar surface area (TPSA) is 95.2 Å². The van der Waals surface area contributed by atoms with E-state index in [1.807, 2.05) is 40.4 Å². The lowest BCUT2D eigenvalue weighted by Gasteiger charge is -2.19. The molecule has 4 N–H and O–H groups in total. The molecule has 0 amide bonds. The number of benzene rings is 1. The summed E-state index contributed by atoms with van der Waals surface area (Å²) in [6.07, 6.45) is 4.42. The second-order valence-corrected chi connectivity index (χ2v) is 10.8. The molecule has 0 saturated heterocycles. The van der Waals surface area contributed by atoms with Gasteiger partial charge in [0, 0.05) is 40.7 Å². The Bertz CT molecular complexity index is 1300. The van der Waals surface area contributed by atoms with Gasteiger partial charge in [-0.1, -0.05) is 18.2 Å². The Morgan fingerprint density at radius 1 is 1.08 bits per heavy atom. The van der Waals surface area contributed by atoms with Gasteiger partial charge in [-0.3, -0.25) is 0 Å². The van der Waals surface area contributed by atoms with Crippen LogP contribution in [0.2, 0.25) is 5.28 Å². The van der Waals surface area contributed by atoms with Crippen molar-refractivity contribution in [2.45, 2.75) is 37.5 Å². The Balaban J connectivity index is 1.13. The molecule has 0 unspecified atom stereocenters. The largest absolute Gasteiger partial charge is 0.390 e. The Morgan fingerprint density at radius 2 is 1.89 bits per heavy atom. The molecule has 7 nitrogen and oxygen atoms in total. The molecule has 1 aliphatic rings. The molecule has 0 bridgehead atoms. The van der Waals surface area contributed by atoms with Gasteiger partial charge in [-0.05, 0) is 79.6 Å². The molecule has 3 aromatic heterocycles. The van der Waals surface area contributed by atoms with Crippen molar-refractivity contribution in [2.24, 2.45) is 5.92 Å². The summed E-state index contributed by atoms with van der Waals surface area (Å²) in [5.41, 5.74) is 2.78. The van der Waals surface area contributed by atoms with Crippen molar-refractivity contribution < 1.29 is 14.6 Å². The maximum absolute atomic E-state index is 13.0. The monoisotopic (exact) mass is 543 g/mol. The van der Waals surface area contributed by atoms with E-state index in [0.717, 1.165) is 53.9 Å². The SMILES string of the molecule is O[C@@H]1[C@@H](CNCCCNCCc2ccc(F)cc2)C[C@@H](n2cc(-c3cccs3)c3cnc(Cl)nc32)[C@@H]1O. The molecular formula is C27H31ClFN5O2S. The van der Waals surface area contributed by atoms with Gasteiger partial charge < -0.3 is 25.4 Å². The highest BCUT2D eigenvalue weighted by Crippen LogP contribution is 2.40. The van der Waals surface area contributed by atoms with E-state index in [2.05, 4.69) is 20.6 Å². The van der Waals surface area contributed by atoms with Gasteiger partial charge in [0.25, 0.3) is 0 Å². The summed E-state index contributed by atoms with van der Waals surface area (Å²) < 4.78 is 14.9. The van der Waals surface area contributed by atoms with E-state index in [-0.39, 0.29) is 23.1 Å². The lowest BCUT2D eigenvalue weighted by atomic mass is 10.1. The number of hydrogen-bond acceptors (Lipinski definition) is 7. The zero-order valence-corrected chi connectivity index (χ0v) is 21.9. The minimum Gasteiger partial charge on any atom is -0.390 e. The third kappa shape index (κ3) is 6.03. The Hall–Kier alpha value is -2.40. The van der Waals surface area contributed by atoms with Crippen LogP contribution in [0, 0.1) is 11.7 Å². The molecular weight excluding hydrogens is 513 g/mol. The highest BCUT2D eigenvalue weighted by Gasteiger charge is 2.42. The van der Waals surface area contributed by atoms with E-state index in [4.69, 9.17) is 11.6 Å². The summed E-state index contributed by atoms with van der Waals surface area (Å²) in [5, 5.41) is 31.7. The minimum absolute atomic E-state index is 0.0774. The average Bonchev–Trinajstić information content (AvgIpc) is 3.61. The molecule has 4 atom stereocenters. The highest BCUT2D eigenvalue weighted by atomic mass is 35.5. The molecule has 0 spiro atoms. The predicted octanol–water partition coefficient (Wildman–Crippen LogP) is 4.05. The average molecular weight is 544 g/mol. The van der Waals surface area contributed by atoms with E-state index in [1.165, 1.54) is 12.1 Å². The van der Waals surface area contributed by atoms with Crippen molar-refractivity contribution in [1.82, 2.24) is 25.2 Å². The number of hydrogen-bond donors (Lipinski definition) is 4. The molecule has 0 aliphatic heterocycles. The fourth-order valence-electron chi connectivity index (χ4n) is 5.10. The normalized spacial score (nSPS) is 21.7. The first-order valence-corrected chi connectivity index (χ1v) is 13.9. The second kappa shape index (κ2) is 12.0. The van der Waals surface area contributed by atoms with Crippen LogP contribution in [0.3, 0.4) is 0 Å². The van der Waals surface area contributed by atoms with Crippen molar-refractivity contribution in [3.63, 3.8) is 0 Å². The fraction of sp³-hybridized carbons (Fsp3) is 0.407. The van der Waals surface area contributed by atoms with E-state index >= 15 is 0 Å². The minimum atomic E-state index is -0.902. The molecule has 10 heteroatoms. The maximum Gasteiger partial charge on any atom is 0.224 e. The second-order valence-electron chi connectivity index (χ2n) is 9.53. The maximum atomic E-state index is 13.0. The van der Waals surface area contributed by atoms with E-state index in [1.54, 1.807) is 17.5 Å². The number of nitrogens with one attached hydrogen (secondary N) is 2. The van der Waals surface area contributed by atoms with Crippen LogP contribution in [0.15, 0.2) is 54.2 Å². The summed E-state index contributed by atoms with van der Waals surface area (Å²) in [4.78, 5) is 9.72. The summed E-state index contributed by atoms with van der Waals surface area (Å²) >= 11 is 7.75. The van der Waals surface area contributed by atoms with Crippen LogP contribution in [-0.4, -0.2) is 63.1 Å². The van der Waals surface area contributed by atoms with Gasteiger partial charge in [-0.15, -0.1) is 11.3 Å². The van der Waals surface area contributed by atoms with Crippen LogP contribution < -0.4 is 10.6 Å². The number of thiophene rings is 1. The van der Waals surface area contributed by atoms with Crippen molar-refractivity contribution in [3.05, 3.63) is 70.8 Å². The summed E-state index contributed by atoms with van der Waals surface area (Å²) in [5.74, 6) is -0.288. The van der Waals surface area contributed by atoms with Gasteiger partial charge in [0.2, 0.25) is 5.28 Å². The highest BCUT2D eigenvalue weighted by molar-refractivity contribution is 7.13. The lowest BCUT2D eigenvalue weighted by Crippen LogP contribution is -2.34. The predicted molar refractivity (Wildman–Crippen MR) is 145 cm³/mol. The first kappa shape index (κ1) is 26.2. The molecule has 4 aromatic rings. The Kier molecular flexibility index (Phi) is 8.49. The molecule has 0 radical (unpaired) electrons. The fourth-order valence-corrected chi connectivity index (χ4v) is 5.98. The quantitative estimate of drug-likeness (QED) is 0.168. The van der Waals surface area contributed by atoms with Crippen molar-refractivity contribution in [1.29, 1.82) is 0 Å². The van der Waals surface area contributed by atoms with Gasteiger partial charge in [0.15, 0.2) is 0 Å². The van der Waals surface area contributed by atoms with Crippen LogP contribution in [0.1, 0.15) is 24.4 Å². The number of fused-ring (bicyclic) bond motifs is 1. The van der Waals surface area contributed by atoms with Crippen LogP contribution in [0.4, 0.5) is 4.39 Å². The van der Waals surface area contributed by atoms with Gasteiger partial charge in [0.05, 0.1) is 12.1 Å². The number of nitrogens with zero attached hydrogens (tertiary/aromatic N) is 3. The number of aliphatic hydroxyl groups is 2. The Labute approximate surface area is 224 Å². The lowest BCUT2D eigenvalue weighted by molar-refractivity contribution is 0.00695. The number of rotatable bonds is 11. The van der Waals surface area contributed by atoms with Gasteiger partial charge in [-0.2, -0.15) is 4.98 Å². The molecule has 5 rings (SSSR count). The standard InChI is InChI=1S/C27H31ClFN5O2S/c28-27-32-15-20-21(23-3-1-12-37-23)16-34(26(20)33-27)22-13-18(24(35)25(22)36)14-31-10-2-9-30-11-8-17-4-6-19(29)7-5-17/h1,3-7,12,15-16,18,22,24-25,30-31,35-36H,2,8-11,13-14H2/t18-,22-,24-,25+/m1/s1. The van der Waals surface area contributed by atoms with Crippen LogP contribution in [0.25, 0.3) is 21.5 Å². The number of halogens is 2. The number of aromatic nitrogens is 3. The first-order chi connectivity index (χ1) is 18.0. The molecule has 3 heterocycles. The zero-order valence-electron chi connectivity index (χ0n) is 20.4. The summed E-state index contributed by atoms with van der Waals surface area (Å²) in [6, 6.07) is 10.3. The summed E-state index contributed by atoms with van der Waals surface area (Å²) in [6.45, 7) is 3.14. The third-order valence-electron chi connectivity index (χ3n) is 7.07. The van der Waals surface area contributed by atoms with E-state index in [0.29, 0.717) is 18.6 Å².